The summed E-state index contributed by atoms with van der Waals surface area (Å²) in [4.78, 5) is -0.785. The SMILES string of the molecule is O=S(=O)(c1ccccc1CCl)C(F)(F)F. The Kier molecular flexibility index (Phi) is 3.30. The van der Waals surface area contributed by atoms with Crippen molar-refractivity contribution >= 4 is 21.4 Å². The van der Waals surface area contributed by atoms with E-state index >= 15 is 0 Å². The summed E-state index contributed by atoms with van der Waals surface area (Å²) in [6.45, 7) is 0. The third kappa shape index (κ3) is 2.26. The average Bonchev–Trinajstić information content (AvgIpc) is 2.16. The number of halogens is 4. The Balaban J connectivity index is 3.41. The molecule has 0 aliphatic rings. The van der Waals surface area contributed by atoms with Gasteiger partial charge in [0.1, 0.15) is 0 Å². The summed E-state index contributed by atoms with van der Waals surface area (Å²) in [5.74, 6) is -0.286. The molecule has 0 aliphatic carbocycles. The van der Waals surface area contributed by atoms with Crippen LogP contribution in [0.5, 0.6) is 0 Å². The molecule has 7 heteroatoms. The first-order valence-electron chi connectivity index (χ1n) is 3.76. The van der Waals surface area contributed by atoms with Crippen molar-refractivity contribution < 1.29 is 21.6 Å². The van der Waals surface area contributed by atoms with Crippen LogP contribution in [0.3, 0.4) is 0 Å². The van der Waals surface area contributed by atoms with Crippen molar-refractivity contribution in [3.8, 4) is 0 Å². The molecule has 2 nitrogen and oxygen atoms in total. The molecule has 0 atom stereocenters. The van der Waals surface area contributed by atoms with Crippen LogP contribution in [0, 0.1) is 0 Å². The first-order valence-corrected chi connectivity index (χ1v) is 5.77. The van der Waals surface area contributed by atoms with E-state index in [2.05, 4.69) is 0 Å². The maximum Gasteiger partial charge on any atom is 0.501 e. The van der Waals surface area contributed by atoms with Gasteiger partial charge in [0, 0.05) is 5.88 Å². The molecule has 0 N–H and O–H groups in total. The molecule has 0 saturated carbocycles. The van der Waals surface area contributed by atoms with Gasteiger partial charge in [-0.05, 0) is 11.6 Å². The molecule has 0 amide bonds. The maximum absolute atomic E-state index is 12.2. The van der Waals surface area contributed by atoms with Crippen molar-refractivity contribution in [3.05, 3.63) is 29.8 Å². The predicted octanol–water partition coefficient (Wildman–Crippen LogP) is 2.72. The van der Waals surface area contributed by atoms with Gasteiger partial charge >= 0.3 is 5.51 Å². The summed E-state index contributed by atoms with van der Waals surface area (Å²) in [6, 6.07) is 4.77. The highest BCUT2D eigenvalue weighted by molar-refractivity contribution is 7.92. The largest absolute Gasteiger partial charge is 0.501 e. The van der Waals surface area contributed by atoms with Crippen LogP contribution in [0.1, 0.15) is 5.56 Å². The van der Waals surface area contributed by atoms with E-state index in [-0.39, 0.29) is 11.4 Å². The monoisotopic (exact) mass is 258 g/mol. The minimum absolute atomic E-state index is 0.0588. The van der Waals surface area contributed by atoms with Gasteiger partial charge in [0.15, 0.2) is 0 Å². The van der Waals surface area contributed by atoms with Crippen molar-refractivity contribution in [2.24, 2.45) is 0 Å². The van der Waals surface area contributed by atoms with Crippen LogP contribution in [-0.4, -0.2) is 13.9 Å². The van der Waals surface area contributed by atoms with Gasteiger partial charge in [-0.3, -0.25) is 0 Å². The van der Waals surface area contributed by atoms with E-state index in [9.17, 15) is 21.6 Å². The van der Waals surface area contributed by atoms with Crippen LogP contribution in [0.4, 0.5) is 13.2 Å². The molecule has 0 unspecified atom stereocenters. The normalized spacial score (nSPS) is 12.8. The summed E-state index contributed by atoms with van der Waals surface area (Å²) in [5.41, 5.74) is -5.36. The highest BCUT2D eigenvalue weighted by Gasteiger charge is 2.47. The zero-order valence-corrected chi connectivity index (χ0v) is 8.83. The van der Waals surface area contributed by atoms with E-state index in [1.807, 2.05) is 0 Å². The zero-order valence-electron chi connectivity index (χ0n) is 7.25. The minimum Gasteiger partial charge on any atom is -0.214 e. The van der Waals surface area contributed by atoms with Crippen LogP contribution in [0.25, 0.3) is 0 Å². The Morgan fingerprint density at radius 1 is 1.20 bits per heavy atom. The number of hydrogen-bond donors (Lipinski definition) is 0. The fourth-order valence-electron chi connectivity index (χ4n) is 1.00. The molecule has 1 aromatic rings. The van der Waals surface area contributed by atoms with Gasteiger partial charge in [-0.1, -0.05) is 18.2 Å². The second kappa shape index (κ2) is 4.02. The molecule has 84 valence electrons. The first-order chi connectivity index (χ1) is 6.80. The topological polar surface area (TPSA) is 34.1 Å². The molecule has 0 bridgehead atoms. The third-order valence-electron chi connectivity index (χ3n) is 1.71. The summed E-state index contributed by atoms with van der Waals surface area (Å²) in [5, 5.41) is 0. The number of hydrogen-bond acceptors (Lipinski definition) is 2. The quantitative estimate of drug-likeness (QED) is 0.765. The standard InChI is InChI=1S/C8H6ClF3O2S/c9-5-6-3-1-2-4-7(6)15(13,14)8(10,11)12/h1-4H,5H2. The average molecular weight is 259 g/mol. The fourth-order valence-corrected chi connectivity index (χ4v) is 2.31. The number of sulfone groups is 1. The van der Waals surface area contributed by atoms with Gasteiger partial charge in [-0.2, -0.15) is 13.2 Å². The smallest absolute Gasteiger partial charge is 0.214 e. The highest BCUT2D eigenvalue weighted by atomic mass is 35.5. The summed E-state index contributed by atoms with van der Waals surface area (Å²) in [7, 11) is -5.30. The molecule has 0 radical (unpaired) electrons. The highest BCUT2D eigenvalue weighted by Crippen LogP contribution is 2.32. The molecular formula is C8H6ClF3O2S. The first kappa shape index (κ1) is 12.3. The molecule has 0 aromatic heterocycles. The number of rotatable bonds is 2. The lowest BCUT2D eigenvalue weighted by Gasteiger charge is -2.10. The second-order valence-electron chi connectivity index (χ2n) is 2.69. The van der Waals surface area contributed by atoms with Crippen LogP contribution >= 0.6 is 11.6 Å². The van der Waals surface area contributed by atoms with E-state index in [4.69, 9.17) is 11.6 Å². The molecule has 0 spiro atoms. The van der Waals surface area contributed by atoms with Gasteiger partial charge in [0.2, 0.25) is 0 Å². The predicted molar refractivity (Wildman–Crippen MR) is 49.2 cm³/mol. The molecule has 0 aliphatic heterocycles. The van der Waals surface area contributed by atoms with Gasteiger partial charge in [0.05, 0.1) is 4.90 Å². The van der Waals surface area contributed by atoms with Crippen molar-refractivity contribution in [2.75, 3.05) is 0 Å². The van der Waals surface area contributed by atoms with E-state index in [0.29, 0.717) is 0 Å². The van der Waals surface area contributed by atoms with Crippen molar-refractivity contribution in [1.29, 1.82) is 0 Å². The molecule has 0 heterocycles. The Labute approximate surface area is 89.6 Å². The van der Waals surface area contributed by atoms with Gasteiger partial charge in [-0.15, -0.1) is 11.6 Å². The molecule has 1 aromatic carbocycles. The summed E-state index contributed by atoms with van der Waals surface area (Å²) < 4.78 is 58.7. The summed E-state index contributed by atoms with van der Waals surface area (Å²) >= 11 is 5.36. The molecular weight excluding hydrogens is 253 g/mol. The van der Waals surface area contributed by atoms with Gasteiger partial charge < -0.3 is 0 Å². The van der Waals surface area contributed by atoms with E-state index in [1.54, 1.807) is 0 Å². The van der Waals surface area contributed by atoms with E-state index in [1.165, 1.54) is 18.2 Å². The molecule has 1 rings (SSSR count). The van der Waals surface area contributed by atoms with E-state index in [0.717, 1.165) is 6.07 Å². The Bertz CT molecular complexity index is 453. The van der Waals surface area contributed by atoms with E-state index < -0.39 is 20.2 Å². The minimum atomic E-state index is -5.30. The molecule has 15 heavy (non-hydrogen) atoms. The lowest BCUT2D eigenvalue weighted by Crippen LogP contribution is -2.24. The van der Waals surface area contributed by atoms with Crippen molar-refractivity contribution in [1.82, 2.24) is 0 Å². The van der Waals surface area contributed by atoms with Gasteiger partial charge in [0.25, 0.3) is 9.84 Å². The molecule has 0 fully saturated rings. The second-order valence-corrected chi connectivity index (χ2v) is 4.87. The van der Waals surface area contributed by atoms with Crippen LogP contribution < -0.4 is 0 Å². The zero-order chi connectivity index (χ0) is 11.7. The lowest BCUT2D eigenvalue weighted by molar-refractivity contribution is -0.0436. The Hall–Kier alpha value is -0.750. The Morgan fingerprint density at radius 2 is 1.73 bits per heavy atom. The fraction of sp³-hybridized carbons (Fsp3) is 0.250. The number of benzene rings is 1. The van der Waals surface area contributed by atoms with Crippen molar-refractivity contribution in [3.63, 3.8) is 0 Å². The summed E-state index contributed by atoms with van der Waals surface area (Å²) in [6.07, 6.45) is 0. The van der Waals surface area contributed by atoms with Crippen molar-refractivity contribution in [2.45, 2.75) is 16.3 Å². The molecule has 0 saturated heterocycles. The maximum atomic E-state index is 12.2. The lowest BCUT2D eigenvalue weighted by atomic mass is 10.2. The van der Waals surface area contributed by atoms with Crippen LogP contribution in [-0.2, 0) is 15.7 Å². The Morgan fingerprint density at radius 3 is 2.20 bits per heavy atom. The number of alkyl halides is 4. The van der Waals surface area contributed by atoms with Crippen LogP contribution in [0.2, 0.25) is 0 Å². The third-order valence-corrected chi connectivity index (χ3v) is 3.59. The van der Waals surface area contributed by atoms with Crippen LogP contribution in [0.15, 0.2) is 29.2 Å². The van der Waals surface area contributed by atoms with Gasteiger partial charge in [-0.25, -0.2) is 8.42 Å².